The summed E-state index contributed by atoms with van der Waals surface area (Å²) in [4.78, 5) is 10.5. The van der Waals surface area contributed by atoms with Crippen LogP contribution in [0.1, 0.15) is 56.1 Å². The summed E-state index contributed by atoms with van der Waals surface area (Å²) in [6.45, 7) is 3.25. The molecule has 7 nitrogen and oxygen atoms in total. The molecule has 2 fully saturated rings. The monoisotopic (exact) mass is 826 g/mol. The maximum absolute atomic E-state index is 10.9. The summed E-state index contributed by atoms with van der Waals surface area (Å²) in [5.74, 6) is 2.27. The van der Waals surface area contributed by atoms with Crippen molar-refractivity contribution in [1.29, 1.82) is 0 Å². The fourth-order valence-electron chi connectivity index (χ4n) is 4.04. The molecule has 0 atom stereocenters. The molecule has 198 valence electrons. The molecule has 2 aromatic carbocycles. The van der Waals surface area contributed by atoms with Crippen molar-refractivity contribution in [3.05, 3.63) is 63.7 Å². The molecule has 0 N–H and O–H groups in total. The third-order valence-corrected chi connectivity index (χ3v) is 5.90. The van der Waals surface area contributed by atoms with Crippen LogP contribution >= 0.6 is 37.2 Å². The van der Waals surface area contributed by atoms with E-state index in [9.17, 15) is 10.1 Å². The Morgan fingerprint density at radius 2 is 1.31 bits per heavy atom. The normalized spacial score (nSPS) is 16.0. The van der Waals surface area contributed by atoms with Gasteiger partial charge in [-0.15, -0.1) is 0 Å². The van der Waals surface area contributed by atoms with E-state index < -0.39 is 4.92 Å². The molecule has 0 bridgehead atoms. The van der Waals surface area contributed by atoms with Crippen LogP contribution in [0.25, 0.3) is 0 Å². The number of benzene rings is 2. The van der Waals surface area contributed by atoms with Crippen LogP contribution in [-0.4, -0.2) is 45.6 Å². The van der Waals surface area contributed by atoms with Crippen molar-refractivity contribution in [3.8, 4) is 11.5 Å². The third-order valence-electron chi connectivity index (χ3n) is 5.90. The van der Waals surface area contributed by atoms with E-state index in [1.165, 1.54) is 12.7 Å². The van der Waals surface area contributed by atoms with E-state index in [1.54, 1.807) is 19.2 Å². The zero-order valence-corrected chi connectivity index (χ0v) is 25.9. The molecule has 2 aliphatic rings. The average Bonchev–Trinajstić information content (AvgIpc) is 2.90. The summed E-state index contributed by atoms with van der Waals surface area (Å²) in [6, 6.07) is 13.6. The van der Waals surface area contributed by atoms with Gasteiger partial charge in [-0.05, 0) is 66.8 Å². The molecule has 2 aromatic rings. The molecular formula is C25H35I3NO6-. The third kappa shape index (κ3) is 11.2. The van der Waals surface area contributed by atoms with Crippen LogP contribution in [-0.2, 0) is 9.47 Å². The van der Waals surface area contributed by atoms with E-state index in [1.807, 2.05) is 18.2 Å². The molecule has 0 aliphatic carbocycles. The first-order valence-electron chi connectivity index (χ1n) is 11.0. The maximum atomic E-state index is 10.9. The Labute approximate surface area is 238 Å². The van der Waals surface area contributed by atoms with E-state index in [4.69, 9.17) is 18.9 Å². The first-order chi connectivity index (χ1) is 16.5. The Kier molecular flexibility index (Phi) is 17.4. The van der Waals surface area contributed by atoms with Crippen LogP contribution in [0.3, 0.4) is 0 Å². The van der Waals surface area contributed by atoms with Crippen LogP contribution in [0.15, 0.2) is 42.5 Å². The van der Waals surface area contributed by atoms with Gasteiger partial charge < -0.3 is 18.9 Å². The van der Waals surface area contributed by atoms with Gasteiger partial charge in [0.05, 0.1) is 19.1 Å². The van der Waals surface area contributed by atoms with Crippen LogP contribution in [0.5, 0.6) is 11.5 Å². The number of ether oxygens (including phenoxy) is 4. The minimum atomic E-state index is -0.401. The summed E-state index contributed by atoms with van der Waals surface area (Å²) in [6.07, 6.45) is 4.13. The number of halogens is 3. The number of methoxy groups -OCH3 is 2. The molecule has 35 heavy (non-hydrogen) atoms. The molecule has 2 aliphatic heterocycles. The summed E-state index contributed by atoms with van der Waals surface area (Å²) < 4.78 is 20.7. The van der Waals surface area contributed by atoms with Crippen molar-refractivity contribution in [3.63, 3.8) is 0 Å². The Morgan fingerprint density at radius 3 is 1.74 bits per heavy atom. The Hall–Kier alpha value is -0.450. The van der Waals surface area contributed by atoms with Crippen molar-refractivity contribution in [2.45, 2.75) is 44.9 Å². The molecular weight excluding hydrogens is 791 g/mol. The molecule has 0 aromatic heterocycles. The molecule has 0 saturated carbocycles. The summed E-state index contributed by atoms with van der Waals surface area (Å²) in [7, 11) is 3.14. The predicted octanol–water partition coefficient (Wildman–Crippen LogP) is 4.50. The van der Waals surface area contributed by atoms with Gasteiger partial charge in [0.1, 0.15) is 5.75 Å². The second-order valence-corrected chi connectivity index (χ2v) is 24.0. The van der Waals surface area contributed by atoms with Gasteiger partial charge in [-0.1, -0.05) is 25.6 Å². The van der Waals surface area contributed by atoms with Gasteiger partial charge in [-0.3, -0.25) is 10.1 Å². The average molecular weight is 826 g/mol. The molecule has 4 rings (SSSR count). The fraction of sp³-hybridized carbons (Fsp3) is 0.520. The number of rotatable bonds is 5. The molecule has 0 radical (unpaired) electrons. The zero-order valence-electron chi connectivity index (χ0n) is 19.4. The minimum absolute atomic E-state index is 0. The Bertz CT molecular complexity index is 857. The van der Waals surface area contributed by atoms with E-state index in [0.29, 0.717) is 30.8 Å². The second-order valence-electron chi connectivity index (χ2n) is 7.79. The van der Waals surface area contributed by atoms with Gasteiger partial charge in [0, 0.05) is 32.5 Å². The Balaban J connectivity index is 0.000000311. The van der Waals surface area contributed by atoms with E-state index in [-0.39, 0.29) is 13.1 Å². The van der Waals surface area contributed by atoms with Crippen LogP contribution in [0, 0.1) is 10.1 Å². The summed E-state index contributed by atoms with van der Waals surface area (Å²) in [5, 5.41) is 10.9. The van der Waals surface area contributed by atoms with Gasteiger partial charge in [-0.25, -0.2) is 0 Å². The Morgan fingerprint density at radius 1 is 0.857 bits per heavy atom. The van der Waals surface area contributed by atoms with E-state index >= 15 is 0 Å². The number of hydrogen-bond donors (Lipinski definition) is 0. The van der Waals surface area contributed by atoms with Crippen molar-refractivity contribution >= 4 is 42.9 Å². The molecule has 2 saturated heterocycles. The van der Waals surface area contributed by atoms with Crippen molar-refractivity contribution in [1.82, 2.24) is 0 Å². The van der Waals surface area contributed by atoms with Crippen molar-refractivity contribution < 1.29 is 37.1 Å². The molecule has 2 heterocycles. The SMILES string of the molecule is C.COc1ccc(C2CCOCC2)cc1.COc1ccc(C2CCOCC2)cc1[N+](=O)[O-].I[I-]I. The summed E-state index contributed by atoms with van der Waals surface area (Å²) in [5.41, 5.74) is 2.45. The second kappa shape index (κ2) is 18.7. The van der Waals surface area contributed by atoms with Crippen LogP contribution in [0.2, 0.25) is 0 Å². The van der Waals surface area contributed by atoms with Gasteiger partial charge >= 0.3 is 56.2 Å². The van der Waals surface area contributed by atoms with Crippen LogP contribution < -0.4 is 22.7 Å². The molecule has 0 spiro atoms. The number of nitrogens with zero attached hydrogens (tertiary/aromatic N) is 1. The summed E-state index contributed by atoms with van der Waals surface area (Å²) >= 11 is 5.30. The number of hydrogen-bond acceptors (Lipinski definition) is 6. The number of nitro groups is 1. The molecule has 0 unspecified atom stereocenters. The van der Waals surface area contributed by atoms with Gasteiger partial charge in [-0.2, -0.15) is 0 Å². The predicted molar refractivity (Wildman–Crippen MR) is 153 cm³/mol. The fourth-order valence-corrected chi connectivity index (χ4v) is 4.04. The molecule has 0 amide bonds. The van der Waals surface area contributed by atoms with E-state index in [0.717, 1.165) is 63.4 Å². The molecule has 10 heteroatoms. The number of nitro benzene ring substituents is 1. The van der Waals surface area contributed by atoms with Crippen molar-refractivity contribution in [2.75, 3.05) is 40.6 Å². The first kappa shape index (κ1) is 32.6. The zero-order chi connectivity index (χ0) is 24.8. The van der Waals surface area contributed by atoms with Gasteiger partial charge in [0.25, 0.3) is 0 Å². The van der Waals surface area contributed by atoms with Crippen molar-refractivity contribution in [2.24, 2.45) is 0 Å². The van der Waals surface area contributed by atoms with Crippen LogP contribution in [0.4, 0.5) is 5.69 Å². The van der Waals surface area contributed by atoms with Gasteiger partial charge in [0.15, 0.2) is 5.75 Å². The first-order valence-corrected chi connectivity index (χ1v) is 23.6. The standard InChI is InChI=1S/C12H15NO4.C12H16O2.CH4.I3/c1-16-12-3-2-10(8-11(12)13(14)15)9-4-6-17-7-5-9;1-13-12-4-2-10(3-5-12)11-6-8-14-9-7-11;;1-3-2/h2-3,8-9H,4-7H2,1H3;2-5,11H,6-9H2,1H3;1H4;/q;;;-1. The van der Waals surface area contributed by atoms with E-state index in [2.05, 4.69) is 49.4 Å². The topological polar surface area (TPSA) is 80.1 Å². The quantitative estimate of drug-likeness (QED) is 0.251. The van der Waals surface area contributed by atoms with Gasteiger partial charge in [0.2, 0.25) is 0 Å².